The minimum Gasteiger partial charge on any atom is -0.485 e. The van der Waals surface area contributed by atoms with E-state index in [0.29, 0.717) is 50.2 Å². The number of hydrogen-bond acceptors (Lipinski definition) is 7. The minimum absolute atomic E-state index is 0.136. The van der Waals surface area contributed by atoms with Crippen molar-refractivity contribution in [2.24, 2.45) is 0 Å². The Balaban J connectivity index is 1.72. The summed E-state index contributed by atoms with van der Waals surface area (Å²) in [6.07, 6.45) is 1.15. The lowest BCUT2D eigenvalue weighted by molar-refractivity contribution is 0.0467. The molecule has 1 aliphatic heterocycles. The van der Waals surface area contributed by atoms with Gasteiger partial charge in [-0.3, -0.25) is 0 Å². The van der Waals surface area contributed by atoms with Crippen LogP contribution in [-0.4, -0.2) is 41.5 Å². The molecule has 1 atom stereocenters. The van der Waals surface area contributed by atoms with Crippen LogP contribution in [0, 0.1) is 6.92 Å². The molecule has 0 amide bonds. The van der Waals surface area contributed by atoms with Crippen molar-refractivity contribution in [2.75, 3.05) is 20.3 Å². The van der Waals surface area contributed by atoms with Crippen molar-refractivity contribution in [3.63, 3.8) is 0 Å². The number of benzene rings is 2. The molecule has 0 aliphatic carbocycles. The predicted octanol–water partition coefficient (Wildman–Crippen LogP) is 4.15. The molecule has 0 spiro atoms. The van der Waals surface area contributed by atoms with E-state index < -0.39 is 6.10 Å². The lowest BCUT2D eigenvalue weighted by atomic mass is 10.1. The second kappa shape index (κ2) is 6.79. The van der Waals surface area contributed by atoms with Gasteiger partial charge in [0, 0.05) is 11.6 Å². The average molecular weight is 413 g/mol. The van der Waals surface area contributed by atoms with Gasteiger partial charge in [-0.15, -0.1) is 0 Å². The molecule has 7 nitrogen and oxygen atoms in total. The summed E-state index contributed by atoms with van der Waals surface area (Å²) in [4.78, 5) is 8.99. The number of aromatic nitrogens is 2. The Morgan fingerprint density at radius 1 is 1.28 bits per heavy atom. The number of aryl methyl sites for hydroxylation is 1. The minimum atomic E-state index is -0.423. The maximum Gasteiger partial charge on any atom is 0.232 e. The van der Waals surface area contributed by atoms with E-state index in [9.17, 15) is 5.11 Å². The molecule has 148 valence electrons. The number of nitrogens with zero attached hydrogens (tertiary/aromatic N) is 2. The van der Waals surface area contributed by atoms with Crippen LogP contribution in [0.5, 0.6) is 17.4 Å². The molecule has 1 N–H and O–H groups in total. The number of aliphatic hydroxyl groups is 1. The van der Waals surface area contributed by atoms with E-state index in [1.54, 1.807) is 19.4 Å². The fourth-order valence-electron chi connectivity index (χ4n) is 3.50. The summed E-state index contributed by atoms with van der Waals surface area (Å²) in [5, 5.41) is 10.4. The zero-order valence-corrected chi connectivity index (χ0v) is 16.5. The monoisotopic (exact) mass is 412 g/mol. The third-order valence-electron chi connectivity index (χ3n) is 4.83. The molecule has 1 aliphatic rings. The van der Waals surface area contributed by atoms with Crippen LogP contribution in [-0.2, 0) is 0 Å². The number of fused-ring (bicyclic) bond motifs is 4. The Bertz CT molecular complexity index is 1250. The van der Waals surface area contributed by atoms with Crippen molar-refractivity contribution >= 4 is 33.6 Å². The highest BCUT2D eigenvalue weighted by atomic mass is 35.5. The van der Waals surface area contributed by atoms with E-state index in [2.05, 4.69) is 9.97 Å². The van der Waals surface area contributed by atoms with Crippen molar-refractivity contribution in [1.29, 1.82) is 0 Å². The second-order valence-corrected chi connectivity index (χ2v) is 7.27. The van der Waals surface area contributed by atoms with E-state index >= 15 is 0 Å². The quantitative estimate of drug-likeness (QED) is 0.541. The average Bonchev–Trinajstić information content (AvgIpc) is 3.18. The van der Waals surface area contributed by atoms with Crippen LogP contribution in [0.3, 0.4) is 0 Å². The van der Waals surface area contributed by atoms with Gasteiger partial charge in [0.25, 0.3) is 0 Å². The molecule has 5 rings (SSSR count). The third kappa shape index (κ3) is 2.94. The van der Waals surface area contributed by atoms with Crippen LogP contribution in [0.25, 0.3) is 33.3 Å². The Kier molecular flexibility index (Phi) is 4.22. The van der Waals surface area contributed by atoms with Gasteiger partial charge in [0.15, 0.2) is 23.2 Å². The summed E-state index contributed by atoms with van der Waals surface area (Å²) in [6, 6.07) is 7.44. The molecule has 8 heteroatoms. The van der Waals surface area contributed by atoms with Crippen molar-refractivity contribution in [2.45, 2.75) is 13.0 Å². The van der Waals surface area contributed by atoms with Gasteiger partial charge < -0.3 is 23.7 Å². The lowest BCUT2D eigenvalue weighted by Gasteiger charge is -2.25. The summed E-state index contributed by atoms with van der Waals surface area (Å²) in [7, 11) is 1.56. The first-order chi connectivity index (χ1) is 14.1. The highest BCUT2D eigenvalue weighted by Gasteiger charge is 2.26. The van der Waals surface area contributed by atoms with Crippen LogP contribution >= 0.6 is 11.6 Å². The molecular formula is C21H17ClN2O5. The molecule has 0 radical (unpaired) electrons. The molecule has 2 aromatic carbocycles. The van der Waals surface area contributed by atoms with Crippen LogP contribution < -0.4 is 14.2 Å². The van der Waals surface area contributed by atoms with Gasteiger partial charge >= 0.3 is 0 Å². The van der Waals surface area contributed by atoms with Crippen LogP contribution in [0.15, 0.2) is 34.9 Å². The molecule has 2 aromatic heterocycles. The van der Waals surface area contributed by atoms with Gasteiger partial charge in [0.2, 0.25) is 5.88 Å². The van der Waals surface area contributed by atoms with E-state index in [4.69, 9.17) is 30.2 Å². The zero-order chi connectivity index (χ0) is 20.1. The second-order valence-electron chi connectivity index (χ2n) is 6.87. The summed E-state index contributed by atoms with van der Waals surface area (Å²) < 4.78 is 22.9. The maximum atomic E-state index is 9.34. The predicted molar refractivity (Wildman–Crippen MR) is 108 cm³/mol. The molecule has 29 heavy (non-hydrogen) atoms. The molecule has 3 heterocycles. The van der Waals surface area contributed by atoms with Gasteiger partial charge in [0.05, 0.1) is 41.4 Å². The number of methoxy groups -OCH3 is 1. The number of furan rings is 1. The lowest BCUT2D eigenvalue weighted by Crippen LogP contribution is -2.32. The molecule has 0 saturated heterocycles. The van der Waals surface area contributed by atoms with E-state index in [1.807, 2.05) is 25.1 Å². The Hall–Kier alpha value is -3.03. The van der Waals surface area contributed by atoms with Crippen molar-refractivity contribution in [3.05, 3.63) is 41.0 Å². The SMILES string of the molecule is COc1cnc2c(-c3cc4c5c(cc(Cl)c4o3)OC(CO)CO5)cc(C)cc2n1. The highest BCUT2D eigenvalue weighted by Crippen LogP contribution is 2.46. The van der Waals surface area contributed by atoms with E-state index in [0.717, 1.165) is 11.1 Å². The molecule has 4 aromatic rings. The first kappa shape index (κ1) is 18.0. The molecule has 0 bridgehead atoms. The zero-order valence-electron chi connectivity index (χ0n) is 15.7. The number of aliphatic hydroxyl groups excluding tert-OH is 1. The van der Waals surface area contributed by atoms with E-state index in [-0.39, 0.29) is 13.2 Å². The Labute approximate surface area is 170 Å². The first-order valence-electron chi connectivity index (χ1n) is 9.05. The maximum absolute atomic E-state index is 9.34. The highest BCUT2D eigenvalue weighted by molar-refractivity contribution is 6.35. The van der Waals surface area contributed by atoms with Gasteiger partial charge in [-0.25, -0.2) is 9.97 Å². The topological polar surface area (TPSA) is 86.8 Å². The normalized spacial score (nSPS) is 15.8. The molecule has 0 saturated carbocycles. The fraction of sp³-hybridized carbons (Fsp3) is 0.238. The van der Waals surface area contributed by atoms with Crippen molar-refractivity contribution in [1.82, 2.24) is 9.97 Å². The summed E-state index contributed by atoms with van der Waals surface area (Å²) in [6.45, 7) is 2.09. The van der Waals surface area contributed by atoms with Crippen molar-refractivity contribution < 1.29 is 23.7 Å². The van der Waals surface area contributed by atoms with Gasteiger partial charge in [-0.2, -0.15) is 0 Å². The van der Waals surface area contributed by atoms with Gasteiger partial charge in [0.1, 0.15) is 12.4 Å². The third-order valence-corrected chi connectivity index (χ3v) is 5.11. The number of rotatable bonds is 3. The van der Waals surface area contributed by atoms with Gasteiger partial charge in [-0.05, 0) is 30.7 Å². The number of hydrogen-bond donors (Lipinski definition) is 1. The molecule has 0 fully saturated rings. The largest absolute Gasteiger partial charge is 0.485 e. The number of ether oxygens (including phenoxy) is 3. The summed E-state index contributed by atoms with van der Waals surface area (Å²) >= 11 is 6.44. The first-order valence-corrected chi connectivity index (χ1v) is 9.43. The fourth-order valence-corrected chi connectivity index (χ4v) is 3.74. The molecule has 1 unspecified atom stereocenters. The van der Waals surface area contributed by atoms with Gasteiger partial charge in [-0.1, -0.05) is 11.6 Å². The Morgan fingerprint density at radius 2 is 2.14 bits per heavy atom. The van der Waals surface area contributed by atoms with Crippen LogP contribution in [0.1, 0.15) is 5.56 Å². The standard InChI is InChI=1S/C21H17ClN2O5/c1-10-3-12(19-15(4-10)24-18(26-2)7-23-19)16-5-13-20(29-16)14(22)6-17-21(13)27-9-11(8-25)28-17/h3-7,11,25H,8-9H2,1-2H3. The smallest absolute Gasteiger partial charge is 0.232 e. The number of halogens is 1. The molecular weight excluding hydrogens is 396 g/mol. The van der Waals surface area contributed by atoms with E-state index in [1.165, 1.54) is 0 Å². The summed E-state index contributed by atoms with van der Waals surface area (Å²) in [5.41, 5.74) is 3.70. The van der Waals surface area contributed by atoms with Crippen LogP contribution in [0.4, 0.5) is 0 Å². The van der Waals surface area contributed by atoms with Crippen LogP contribution in [0.2, 0.25) is 5.02 Å². The Morgan fingerprint density at radius 3 is 2.93 bits per heavy atom. The summed E-state index contributed by atoms with van der Waals surface area (Å²) in [5.74, 6) is 2.07. The van der Waals surface area contributed by atoms with Crippen molar-refractivity contribution in [3.8, 4) is 28.7 Å².